The SMILES string of the molecule is CC1(C)OB(c2ccc(OCc3ccc(C(F)(F)F)nc3)nc2)OC1(C)C. The molecule has 5 nitrogen and oxygen atoms in total. The first kappa shape index (κ1) is 19.6. The van der Waals surface area contributed by atoms with Crippen molar-refractivity contribution < 1.29 is 27.2 Å². The molecule has 0 aromatic carbocycles. The zero-order valence-electron chi connectivity index (χ0n) is 15.5. The first-order chi connectivity index (χ1) is 12.5. The van der Waals surface area contributed by atoms with E-state index in [4.69, 9.17) is 14.0 Å². The number of rotatable bonds is 4. The summed E-state index contributed by atoms with van der Waals surface area (Å²) in [6.07, 6.45) is -1.71. The van der Waals surface area contributed by atoms with Crippen molar-refractivity contribution in [3.05, 3.63) is 47.9 Å². The van der Waals surface area contributed by atoms with E-state index in [1.54, 1.807) is 18.3 Å². The van der Waals surface area contributed by atoms with E-state index in [1.165, 1.54) is 6.07 Å². The van der Waals surface area contributed by atoms with Crippen molar-refractivity contribution in [3.63, 3.8) is 0 Å². The average Bonchev–Trinajstić information content (AvgIpc) is 2.81. The van der Waals surface area contributed by atoms with Gasteiger partial charge in [-0.3, -0.25) is 4.98 Å². The lowest BCUT2D eigenvalue weighted by molar-refractivity contribution is -0.141. The molecule has 2 aromatic heterocycles. The lowest BCUT2D eigenvalue weighted by atomic mass is 9.80. The first-order valence-corrected chi connectivity index (χ1v) is 8.44. The van der Waals surface area contributed by atoms with Gasteiger partial charge < -0.3 is 14.0 Å². The maximum atomic E-state index is 12.5. The number of ether oxygens (including phenoxy) is 1. The quantitative estimate of drug-likeness (QED) is 0.762. The Labute approximate surface area is 156 Å². The number of aromatic nitrogens is 2. The van der Waals surface area contributed by atoms with Crippen LogP contribution in [0.5, 0.6) is 5.88 Å². The van der Waals surface area contributed by atoms with Crippen molar-refractivity contribution in [2.45, 2.75) is 51.7 Å². The Bertz CT molecular complexity index is 777. The molecule has 0 atom stereocenters. The van der Waals surface area contributed by atoms with E-state index in [0.29, 0.717) is 11.4 Å². The van der Waals surface area contributed by atoms with Crippen LogP contribution >= 0.6 is 0 Å². The van der Waals surface area contributed by atoms with Gasteiger partial charge in [-0.15, -0.1) is 0 Å². The molecule has 0 spiro atoms. The normalized spacial score (nSPS) is 18.6. The second-order valence-corrected chi connectivity index (χ2v) is 7.36. The monoisotopic (exact) mass is 380 g/mol. The molecule has 144 valence electrons. The predicted molar refractivity (Wildman–Crippen MR) is 93.5 cm³/mol. The maximum Gasteiger partial charge on any atom is 0.496 e. The molecule has 0 unspecified atom stereocenters. The number of halogens is 3. The van der Waals surface area contributed by atoms with Crippen LogP contribution in [0.4, 0.5) is 13.2 Å². The van der Waals surface area contributed by atoms with Gasteiger partial charge in [-0.25, -0.2) is 4.98 Å². The largest absolute Gasteiger partial charge is 0.496 e. The Morgan fingerprint density at radius 3 is 2.11 bits per heavy atom. The molecular formula is C18H20BF3N2O3. The Hall–Kier alpha value is -2.13. The summed E-state index contributed by atoms with van der Waals surface area (Å²) in [6.45, 7) is 7.94. The second kappa shape index (κ2) is 6.80. The molecule has 2 aromatic rings. The van der Waals surface area contributed by atoms with E-state index in [2.05, 4.69) is 9.97 Å². The minimum atomic E-state index is -4.45. The molecule has 0 aliphatic carbocycles. The summed E-state index contributed by atoms with van der Waals surface area (Å²) in [5.41, 5.74) is -0.543. The molecule has 27 heavy (non-hydrogen) atoms. The topological polar surface area (TPSA) is 53.5 Å². The van der Waals surface area contributed by atoms with Crippen molar-refractivity contribution in [3.8, 4) is 5.88 Å². The summed E-state index contributed by atoms with van der Waals surface area (Å²) in [5.74, 6) is 0.343. The highest BCUT2D eigenvalue weighted by Gasteiger charge is 2.51. The Morgan fingerprint density at radius 1 is 0.963 bits per heavy atom. The fraction of sp³-hybridized carbons (Fsp3) is 0.444. The average molecular weight is 380 g/mol. The summed E-state index contributed by atoms with van der Waals surface area (Å²) in [5, 5.41) is 0. The van der Waals surface area contributed by atoms with Gasteiger partial charge in [0.05, 0.1) is 11.2 Å². The van der Waals surface area contributed by atoms with E-state index < -0.39 is 30.2 Å². The van der Waals surface area contributed by atoms with Gasteiger partial charge in [0, 0.05) is 23.4 Å². The highest BCUT2D eigenvalue weighted by atomic mass is 19.4. The molecule has 1 saturated heterocycles. The standard InChI is InChI=1S/C18H20BF3N2O3/c1-16(2)17(3,4)27-19(26-16)13-6-8-15(24-10-13)25-11-12-5-7-14(23-9-12)18(20,21)22/h5-10H,11H2,1-4H3. The van der Waals surface area contributed by atoms with Crippen molar-refractivity contribution >= 4 is 12.6 Å². The van der Waals surface area contributed by atoms with E-state index in [-0.39, 0.29) is 6.61 Å². The second-order valence-electron chi connectivity index (χ2n) is 7.36. The number of hydrogen-bond donors (Lipinski definition) is 0. The summed E-state index contributed by atoms with van der Waals surface area (Å²) in [6, 6.07) is 5.70. The number of nitrogens with zero attached hydrogens (tertiary/aromatic N) is 2. The molecule has 1 aliphatic rings. The van der Waals surface area contributed by atoms with Crippen LogP contribution in [0.1, 0.15) is 39.0 Å². The fourth-order valence-electron chi connectivity index (χ4n) is 2.43. The fourth-order valence-corrected chi connectivity index (χ4v) is 2.43. The van der Waals surface area contributed by atoms with Crippen LogP contribution in [0.15, 0.2) is 36.7 Å². The van der Waals surface area contributed by atoms with Gasteiger partial charge in [0.1, 0.15) is 12.3 Å². The molecule has 0 radical (unpaired) electrons. The summed E-state index contributed by atoms with van der Waals surface area (Å²) in [4.78, 5) is 7.61. The van der Waals surface area contributed by atoms with Gasteiger partial charge in [-0.2, -0.15) is 13.2 Å². The lowest BCUT2D eigenvalue weighted by Gasteiger charge is -2.32. The Kier molecular flexibility index (Phi) is 4.94. The third-order valence-corrected chi connectivity index (χ3v) is 4.79. The third kappa shape index (κ3) is 4.25. The molecule has 0 amide bonds. The molecule has 0 N–H and O–H groups in total. The highest BCUT2D eigenvalue weighted by molar-refractivity contribution is 6.62. The summed E-state index contributed by atoms with van der Waals surface area (Å²) < 4.78 is 54.9. The summed E-state index contributed by atoms with van der Waals surface area (Å²) in [7, 11) is -0.518. The minimum Gasteiger partial charge on any atom is -0.473 e. The van der Waals surface area contributed by atoms with Gasteiger partial charge in [0.25, 0.3) is 0 Å². The van der Waals surface area contributed by atoms with Crippen molar-refractivity contribution in [1.29, 1.82) is 0 Å². The van der Waals surface area contributed by atoms with Crippen LogP contribution in [-0.4, -0.2) is 28.3 Å². The molecule has 3 heterocycles. The van der Waals surface area contributed by atoms with Crippen LogP contribution in [0, 0.1) is 0 Å². The minimum absolute atomic E-state index is 0.0635. The molecule has 3 rings (SSSR count). The molecule has 0 bridgehead atoms. The molecular weight excluding hydrogens is 360 g/mol. The molecule has 0 saturated carbocycles. The van der Waals surface area contributed by atoms with Crippen LogP contribution in [0.3, 0.4) is 0 Å². The number of alkyl halides is 3. The zero-order valence-corrected chi connectivity index (χ0v) is 15.5. The van der Waals surface area contributed by atoms with Gasteiger partial charge in [-0.05, 0) is 39.8 Å². The zero-order chi connectivity index (χ0) is 19.9. The van der Waals surface area contributed by atoms with Crippen LogP contribution in [-0.2, 0) is 22.1 Å². The van der Waals surface area contributed by atoms with Gasteiger partial charge in [0.2, 0.25) is 5.88 Å². The Morgan fingerprint density at radius 2 is 1.63 bits per heavy atom. The third-order valence-electron chi connectivity index (χ3n) is 4.79. The van der Waals surface area contributed by atoms with E-state index in [9.17, 15) is 13.2 Å². The van der Waals surface area contributed by atoms with Gasteiger partial charge in [0.15, 0.2) is 0 Å². The van der Waals surface area contributed by atoms with E-state index >= 15 is 0 Å². The molecule has 1 fully saturated rings. The van der Waals surface area contributed by atoms with Crippen molar-refractivity contribution in [1.82, 2.24) is 9.97 Å². The smallest absolute Gasteiger partial charge is 0.473 e. The van der Waals surface area contributed by atoms with Crippen molar-refractivity contribution in [2.75, 3.05) is 0 Å². The molecule has 9 heteroatoms. The molecule has 1 aliphatic heterocycles. The van der Waals surface area contributed by atoms with E-state index in [0.717, 1.165) is 17.7 Å². The highest BCUT2D eigenvalue weighted by Crippen LogP contribution is 2.36. The van der Waals surface area contributed by atoms with Gasteiger partial charge in [-0.1, -0.05) is 12.1 Å². The van der Waals surface area contributed by atoms with Crippen LogP contribution in [0.2, 0.25) is 0 Å². The van der Waals surface area contributed by atoms with E-state index in [1.807, 2.05) is 27.7 Å². The summed E-state index contributed by atoms with van der Waals surface area (Å²) >= 11 is 0. The predicted octanol–water partition coefficient (Wildman–Crippen LogP) is 3.37. The van der Waals surface area contributed by atoms with Crippen LogP contribution in [0.25, 0.3) is 0 Å². The lowest BCUT2D eigenvalue weighted by Crippen LogP contribution is -2.41. The van der Waals surface area contributed by atoms with Crippen LogP contribution < -0.4 is 10.2 Å². The maximum absolute atomic E-state index is 12.5. The number of pyridine rings is 2. The number of hydrogen-bond acceptors (Lipinski definition) is 5. The van der Waals surface area contributed by atoms with Crippen molar-refractivity contribution in [2.24, 2.45) is 0 Å². The van der Waals surface area contributed by atoms with Gasteiger partial charge >= 0.3 is 13.3 Å². The first-order valence-electron chi connectivity index (χ1n) is 8.44. The Balaban J connectivity index is 1.60.